The smallest absolute Gasteiger partial charge is 0.240 e. The molecule has 1 aromatic heterocycles. The van der Waals surface area contributed by atoms with Gasteiger partial charge in [-0.15, -0.1) is 0 Å². The van der Waals surface area contributed by atoms with Crippen LogP contribution in [0, 0.1) is 11.9 Å². The number of halogens is 1. The third kappa shape index (κ3) is 3.57. The van der Waals surface area contributed by atoms with E-state index in [2.05, 4.69) is 14.8 Å². The molecule has 2 saturated heterocycles. The Labute approximate surface area is 149 Å². The van der Waals surface area contributed by atoms with E-state index in [4.69, 9.17) is 0 Å². The number of nitrogens with zero attached hydrogens (tertiary/aromatic N) is 3. The molecule has 1 aliphatic carbocycles. The molecule has 1 amide bonds. The maximum absolute atomic E-state index is 13.3. The molecular formula is C20H28FN3O. The summed E-state index contributed by atoms with van der Waals surface area (Å²) in [5.41, 5.74) is 0.981. The first kappa shape index (κ1) is 17.0. The Morgan fingerprint density at radius 3 is 2.64 bits per heavy atom. The first-order valence-electron chi connectivity index (χ1n) is 9.87. The highest BCUT2D eigenvalue weighted by molar-refractivity contribution is 5.82. The lowest BCUT2D eigenvalue weighted by molar-refractivity contribution is -0.138. The SMILES string of the molecule is O=C([C@@H]1CCCN1Cc1ccc(F)nc1)N1CCCC1C1CCCC1. The lowest BCUT2D eigenvalue weighted by atomic mass is 9.95. The Kier molecular flexibility index (Phi) is 5.02. The highest BCUT2D eigenvalue weighted by Gasteiger charge is 2.41. The van der Waals surface area contributed by atoms with E-state index < -0.39 is 5.95 Å². The lowest BCUT2D eigenvalue weighted by Crippen LogP contribution is -2.48. The predicted octanol–water partition coefficient (Wildman–Crippen LogP) is 3.37. The van der Waals surface area contributed by atoms with Crippen molar-refractivity contribution in [3.63, 3.8) is 0 Å². The molecule has 1 saturated carbocycles. The van der Waals surface area contributed by atoms with Crippen molar-refractivity contribution in [1.29, 1.82) is 0 Å². The number of aromatic nitrogens is 1. The van der Waals surface area contributed by atoms with Crippen LogP contribution in [0.25, 0.3) is 0 Å². The van der Waals surface area contributed by atoms with Gasteiger partial charge in [-0.2, -0.15) is 4.39 Å². The van der Waals surface area contributed by atoms with Crippen LogP contribution in [0.3, 0.4) is 0 Å². The van der Waals surface area contributed by atoms with E-state index >= 15 is 0 Å². The molecule has 0 spiro atoms. The van der Waals surface area contributed by atoms with Crippen molar-refractivity contribution in [2.24, 2.45) is 5.92 Å². The van der Waals surface area contributed by atoms with Gasteiger partial charge in [0.1, 0.15) is 0 Å². The molecule has 0 aromatic carbocycles. The molecule has 0 N–H and O–H groups in total. The highest BCUT2D eigenvalue weighted by Crippen LogP contribution is 2.36. The second-order valence-corrected chi connectivity index (χ2v) is 7.90. The Hall–Kier alpha value is -1.49. The highest BCUT2D eigenvalue weighted by atomic mass is 19.1. The molecule has 3 fully saturated rings. The van der Waals surface area contributed by atoms with Gasteiger partial charge in [-0.05, 0) is 62.6 Å². The Balaban J connectivity index is 1.43. The number of likely N-dealkylation sites (tertiary alicyclic amines) is 2. The van der Waals surface area contributed by atoms with Gasteiger partial charge in [0, 0.05) is 25.3 Å². The molecule has 0 bridgehead atoms. The number of hydrogen-bond acceptors (Lipinski definition) is 3. The van der Waals surface area contributed by atoms with Crippen LogP contribution in [0.15, 0.2) is 18.3 Å². The summed E-state index contributed by atoms with van der Waals surface area (Å²) in [4.78, 5) is 21.5. The molecule has 2 aliphatic heterocycles. The number of amides is 1. The molecule has 136 valence electrons. The monoisotopic (exact) mass is 345 g/mol. The largest absolute Gasteiger partial charge is 0.338 e. The standard InChI is InChI=1S/C20H28FN3O/c21-19-10-9-15(13-22-19)14-23-11-3-8-18(23)20(25)24-12-4-7-17(24)16-5-1-2-6-16/h9-10,13,16-18H,1-8,11-12,14H2/t17?,18-/m0/s1. The fourth-order valence-corrected chi connectivity index (χ4v) is 5.12. The fraction of sp³-hybridized carbons (Fsp3) is 0.700. The van der Waals surface area contributed by atoms with Crippen molar-refractivity contribution in [2.45, 2.75) is 70.0 Å². The maximum Gasteiger partial charge on any atom is 0.240 e. The minimum atomic E-state index is -0.450. The number of pyridine rings is 1. The summed E-state index contributed by atoms with van der Waals surface area (Å²) in [5.74, 6) is 0.610. The molecule has 0 radical (unpaired) electrons. The zero-order chi connectivity index (χ0) is 17.2. The molecule has 4 nitrogen and oxygen atoms in total. The zero-order valence-electron chi connectivity index (χ0n) is 14.9. The summed E-state index contributed by atoms with van der Waals surface area (Å²) in [7, 11) is 0. The second kappa shape index (κ2) is 7.40. The van der Waals surface area contributed by atoms with Crippen molar-refractivity contribution in [3.8, 4) is 0 Å². The zero-order valence-corrected chi connectivity index (χ0v) is 14.9. The van der Waals surface area contributed by atoms with Crippen LogP contribution in [-0.2, 0) is 11.3 Å². The summed E-state index contributed by atoms with van der Waals surface area (Å²) in [6.45, 7) is 2.56. The first-order valence-corrected chi connectivity index (χ1v) is 9.87. The van der Waals surface area contributed by atoms with Crippen LogP contribution >= 0.6 is 0 Å². The van der Waals surface area contributed by atoms with Crippen LogP contribution in [0.1, 0.15) is 56.9 Å². The Morgan fingerprint density at radius 1 is 1.08 bits per heavy atom. The number of hydrogen-bond donors (Lipinski definition) is 0. The molecule has 3 aliphatic rings. The molecule has 25 heavy (non-hydrogen) atoms. The van der Waals surface area contributed by atoms with Crippen LogP contribution in [0.5, 0.6) is 0 Å². The van der Waals surface area contributed by atoms with Crippen molar-refractivity contribution in [2.75, 3.05) is 13.1 Å². The average molecular weight is 345 g/mol. The molecule has 1 aromatic rings. The summed E-state index contributed by atoms with van der Waals surface area (Å²) < 4.78 is 13.0. The summed E-state index contributed by atoms with van der Waals surface area (Å²) in [6, 6.07) is 3.65. The average Bonchev–Trinajstić information content (AvgIpc) is 3.37. The molecule has 2 atom stereocenters. The third-order valence-electron chi connectivity index (χ3n) is 6.35. The number of carbonyl (C=O) groups is 1. The van der Waals surface area contributed by atoms with Gasteiger partial charge in [0.25, 0.3) is 0 Å². The summed E-state index contributed by atoms with van der Waals surface area (Å²) in [5, 5.41) is 0. The van der Waals surface area contributed by atoms with E-state index in [1.165, 1.54) is 38.2 Å². The number of carbonyl (C=O) groups excluding carboxylic acids is 1. The van der Waals surface area contributed by atoms with Gasteiger partial charge in [-0.3, -0.25) is 9.69 Å². The van der Waals surface area contributed by atoms with Crippen molar-refractivity contribution < 1.29 is 9.18 Å². The van der Waals surface area contributed by atoms with E-state index in [0.29, 0.717) is 18.5 Å². The minimum Gasteiger partial charge on any atom is -0.338 e. The van der Waals surface area contributed by atoms with Crippen LogP contribution < -0.4 is 0 Å². The van der Waals surface area contributed by atoms with E-state index in [1.54, 1.807) is 12.3 Å². The van der Waals surface area contributed by atoms with Gasteiger partial charge in [0.15, 0.2) is 0 Å². The molecule has 1 unspecified atom stereocenters. The quantitative estimate of drug-likeness (QED) is 0.785. The van der Waals surface area contributed by atoms with E-state index in [-0.39, 0.29) is 6.04 Å². The van der Waals surface area contributed by atoms with Gasteiger partial charge < -0.3 is 4.90 Å². The third-order valence-corrected chi connectivity index (χ3v) is 6.35. The normalized spacial score (nSPS) is 28.1. The Morgan fingerprint density at radius 2 is 1.88 bits per heavy atom. The molecular weight excluding hydrogens is 317 g/mol. The topological polar surface area (TPSA) is 36.4 Å². The van der Waals surface area contributed by atoms with Gasteiger partial charge >= 0.3 is 0 Å². The Bertz CT molecular complexity index is 599. The molecule has 5 heteroatoms. The second-order valence-electron chi connectivity index (χ2n) is 7.90. The van der Waals surface area contributed by atoms with Crippen molar-refractivity contribution >= 4 is 5.91 Å². The lowest BCUT2D eigenvalue weighted by Gasteiger charge is -2.34. The summed E-state index contributed by atoms with van der Waals surface area (Å²) in [6.07, 6.45) is 11.2. The van der Waals surface area contributed by atoms with Gasteiger partial charge in [0.2, 0.25) is 11.9 Å². The first-order chi connectivity index (χ1) is 12.2. The molecule has 4 rings (SSSR count). The molecule has 3 heterocycles. The van der Waals surface area contributed by atoms with Gasteiger partial charge in [-0.25, -0.2) is 4.98 Å². The van der Waals surface area contributed by atoms with Crippen molar-refractivity contribution in [3.05, 3.63) is 29.8 Å². The fourth-order valence-electron chi connectivity index (χ4n) is 5.12. The van der Waals surface area contributed by atoms with Crippen molar-refractivity contribution in [1.82, 2.24) is 14.8 Å². The van der Waals surface area contributed by atoms with Gasteiger partial charge in [0.05, 0.1) is 6.04 Å². The minimum absolute atomic E-state index is 0.00736. The van der Waals surface area contributed by atoms with Crippen LogP contribution in [0.4, 0.5) is 4.39 Å². The maximum atomic E-state index is 13.3. The van der Waals surface area contributed by atoms with Crippen LogP contribution in [-0.4, -0.2) is 45.9 Å². The van der Waals surface area contributed by atoms with Gasteiger partial charge in [-0.1, -0.05) is 18.9 Å². The van der Waals surface area contributed by atoms with E-state index in [1.807, 2.05) is 0 Å². The van der Waals surface area contributed by atoms with E-state index in [0.717, 1.165) is 43.8 Å². The van der Waals surface area contributed by atoms with Crippen LogP contribution in [0.2, 0.25) is 0 Å². The predicted molar refractivity (Wildman–Crippen MR) is 94.3 cm³/mol. The summed E-state index contributed by atoms with van der Waals surface area (Å²) >= 11 is 0. The number of rotatable bonds is 4. The van der Waals surface area contributed by atoms with E-state index in [9.17, 15) is 9.18 Å².